The Morgan fingerprint density at radius 2 is 1.62 bits per heavy atom. The zero-order valence-corrected chi connectivity index (χ0v) is 15.0. The van der Waals surface area contributed by atoms with Crippen LogP contribution in [0.15, 0.2) is 77.2 Å². The van der Waals surface area contributed by atoms with Gasteiger partial charge in [-0.05, 0) is 53.2 Å². The number of halogens is 2. The molecule has 1 amide bonds. The summed E-state index contributed by atoms with van der Waals surface area (Å²) in [6, 6.07) is 22.3. The molecule has 4 aromatic rings. The Labute approximate surface area is 160 Å². The Balaban J connectivity index is 1.56. The molecular formula is C21H13Cl2NO2. The average Bonchev–Trinajstić information content (AvgIpc) is 3.14. The molecule has 0 saturated heterocycles. The van der Waals surface area contributed by atoms with E-state index in [1.54, 1.807) is 30.3 Å². The van der Waals surface area contributed by atoms with Gasteiger partial charge in [0.1, 0.15) is 5.76 Å². The number of hydrogen-bond acceptors (Lipinski definition) is 2. The average molecular weight is 382 g/mol. The molecule has 0 bridgehead atoms. The third kappa shape index (κ3) is 3.32. The summed E-state index contributed by atoms with van der Waals surface area (Å²) in [7, 11) is 0. The van der Waals surface area contributed by atoms with Crippen molar-refractivity contribution in [2.24, 2.45) is 0 Å². The van der Waals surface area contributed by atoms with Crippen LogP contribution in [0.2, 0.25) is 10.0 Å². The van der Waals surface area contributed by atoms with Crippen LogP contribution in [0.25, 0.3) is 22.1 Å². The van der Waals surface area contributed by atoms with Gasteiger partial charge in [-0.3, -0.25) is 4.79 Å². The molecule has 0 aliphatic rings. The maximum absolute atomic E-state index is 12.5. The van der Waals surface area contributed by atoms with E-state index in [4.69, 9.17) is 27.6 Å². The van der Waals surface area contributed by atoms with Crippen molar-refractivity contribution in [3.8, 4) is 11.3 Å². The molecule has 5 heteroatoms. The summed E-state index contributed by atoms with van der Waals surface area (Å²) in [6.45, 7) is 0. The molecule has 0 aliphatic carbocycles. The predicted octanol–water partition coefficient (Wildman–Crippen LogP) is 6.66. The highest BCUT2D eigenvalue weighted by molar-refractivity contribution is 6.42. The maximum atomic E-state index is 12.5. The summed E-state index contributed by atoms with van der Waals surface area (Å²) >= 11 is 12.0. The molecule has 128 valence electrons. The number of benzene rings is 3. The van der Waals surface area contributed by atoms with E-state index in [0.29, 0.717) is 21.5 Å². The summed E-state index contributed by atoms with van der Waals surface area (Å²) in [4.78, 5) is 12.5. The molecule has 0 aliphatic heterocycles. The van der Waals surface area contributed by atoms with Crippen molar-refractivity contribution in [2.75, 3.05) is 5.32 Å². The maximum Gasteiger partial charge on any atom is 0.291 e. The van der Waals surface area contributed by atoms with Crippen molar-refractivity contribution in [3.63, 3.8) is 0 Å². The molecule has 0 saturated carbocycles. The number of furan rings is 1. The summed E-state index contributed by atoms with van der Waals surface area (Å²) in [5, 5.41) is 5.93. The van der Waals surface area contributed by atoms with Gasteiger partial charge in [-0.25, -0.2) is 0 Å². The minimum absolute atomic E-state index is 0.222. The molecule has 0 radical (unpaired) electrons. The quantitative estimate of drug-likeness (QED) is 0.431. The van der Waals surface area contributed by atoms with Crippen LogP contribution in [-0.4, -0.2) is 5.91 Å². The highest BCUT2D eigenvalue weighted by Gasteiger charge is 2.13. The largest absolute Gasteiger partial charge is 0.451 e. The Morgan fingerprint density at radius 1 is 0.808 bits per heavy atom. The zero-order chi connectivity index (χ0) is 18.1. The van der Waals surface area contributed by atoms with Gasteiger partial charge in [-0.15, -0.1) is 0 Å². The van der Waals surface area contributed by atoms with Crippen molar-refractivity contribution < 1.29 is 9.21 Å². The minimum Gasteiger partial charge on any atom is -0.451 e. The molecule has 3 nitrogen and oxygen atoms in total. The Hall–Kier alpha value is -2.75. The van der Waals surface area contributed by atoms with Gasteiger partial charge >= 0.3 is 0 Å². The van der Waals surface area contributed by atoms with E-state index in [1.807, 2.05) is 42.5 Å². The molecule has 3 aromatic carbocycles. The van der Waals surface area contributed by atoms with Gasteiger partial charge in [-0.2, -0.15) is 0 Å². The van der Waals surface area contributed by atoms with Crippen LogP contribution in [0, 0.1) is 0 Å². The monoisotopic (exact) mass is 381 g/mol. The lowest BCUT2D eigenvalue weighted by atomic mass is 10.1. The Morgan fingerprint density at radius 3 is 2.42 bits per heavy atom. The highest BCUT2D eigenvalue weighted by atomic mass is 35.5. The lowest BCUT2D eigenvalue weighted by Gasteiger charge is -2.05. The second-order valence-corrected chi connectivity index (χ2v) is 6.62. The van der Waals surface area contributed by atoms with Crippen LogP contribution < -0.4 is 5.32 Å². The van der Waals surface area contributed by atoms with E-state index in [9.17, 15) is 4.79 Å². The molecule has 1 N–H and O–H groups in total. The van der Waals surface area contributed by atoms with E-state index in [2.05, 4.69) is 5.32 Å². The van der Waals surface area contributed by atoms with Crippen molar-refractivity contribution in [1.29, 1.82) is 0 Å². The third-order valence-electron chi connectivity index (χ3n) is 4.04. The summed E-state index contributed by atoms with van der Waals surface area (Å²) in [6.07, 6.45) is 0. The molecule has 1 heterocycles. The Kier molecular flexibility index (Phi) is 4.41. The van der Waals surface area contributed by atoms with Crippen molar-refractivity contribution in [3.05, 3.63) is 88.6 Å². The second kappa shape index (κ2) is 6.87. The van der Waals surface area contributed by atoms with Gasteiger partial charge in [0.25, 0.3) is 5.91 Å². The highest BCUT2D eigenvalue weighted by Crippen LogP contribution is 2.30. The molecule has 26 heavy (non-hydrogen) atoms. The van der Waals surface area contributed by atoms with E-state index in [0.717, 1.165) is 16.3 Å². The topological polar surface area (TPSA) is 42.2 Å². The molecule has 0 unspecified atom stereocenters. The van der Waals surface area contributed by atoms with Gasteiger partial charge < -0.3 is 9.73 Å². The van der Waals surface area contributed by atoms with Gasteiger partial charge in [0.05, 0.1) is 10.0 Å². The van der Waals surface area contributed by atoms with Crippen LogP contribution in [-0.2, 0) is 0 Å². The van der Waals surface area contributed by atoms with Gasteiger partial charge in [-0.1, -0.05) is 53.5 Å². The fourth-order valence-electron chi connectivity index (χ4n) is 2.72. The number of nitrogens with one attached hydrogen (secondary N) is 1. The second-order valence-electron chi connectivity index (χ2n) is 5.81. The fourth-order valence-corrected chi connectivity index (χ4v) is 3.02. The van der Waals surface area contributed by atoms with Crippen molar-refractivity contribution >= 4 is 45.6 Å². The normalized spacial score (nSPS) is 10.8. The summed E-state index contributed by atoms with van der Waals surface area (Å²) in [5.41, 5.74) is 1.46. The number of fused-ring (bicyclic) bond motifs is 1. The number of rotatable bonds is 3. The zero-order valence-electron chi connectivity index (χ0n) is 13.5. The number of hydrogen-bond donors (Lipinski definition) is 1. The van der Waals surface area contributed by atoms with Gasteiger partial charge in [0.2, 0.25) is 0 Å². The fraction of sp³-hybridized carbons (Fsp3) is 0. The predicted molar refractivity (Wildman–Crippen MR) is 106 cm³/mol. The SMILES string of the molecule is O=C(Nc1ccc2ccccc2c1)c1ccc(-c2ccc(Cl)c(Cl)c2)o1. The van der Waals surface area contributed by atoms with Gasteiger partial charge in [0, 0.05) is 11.3 Å². The van der Waals surface area contributed by atoms with Crippen molar-refractivity contribution in [2.45, 2.75) is 0 Å². The van der Waals surface area contributed by atoms with Crippen LogP contribution in [0.5, 0.6) is 0 Å². The number of carbonyl (C=O) groups is 1. The van der Waals surface area contributed by atoms with Crippen LogP contribution in [0.3, 0.4) is 0 Å². The first kappa shape index (κ1) is 16.7. The molecular weight excluding hydrogens is 369 g/mol. The Bertz CT molecular complexity index is 1120. The lowest BCUT2D eigenvalue weighted by Crippen LogP contribution is -2.10. The number of carbonyl (C=O) groups excluding carboxylic acids is 1. The van der Waals surface area contributed by atoms with Crippen LogP contribution in [0.4, 0.5) is 5.69 Å². The van der Waals surface area contributed by atoms with Gasteiger partial charge in [0.15, 0.2) is 5.76 Å². The van der Waals surface area contributed by atoms with E-state index < -0.39 is 0 Å². The number of amides is 1. The molecule has 4 rings (SSSR count). The van der Waals surface area contributed by atoms with Crippen LogP contribution in [0.1, 0.15) is 10.6 Å². The first-order valence-electron chi connectivity index (χ1n) is 7.95. The van der Waals surface area contributed by atoms with Crippen LogP contribution >= 0.6 is 23.2 Å². The third-order valence-corrected chi connectivity index (χ3v) is 4.78. The standard InChI is InChI=1S/C21H13Cl2NO2/c22-17-8-6-15(12-18(17)23)19-9-10-20(26-19)21(25)24-16-7-5-13-3-1-2-4-14(13)11-16/h1-12H,(H,24,25). The van der Waals surface area contributed by atoms with E-state index in [1.165, 1.54) is 0 Å². The molecule has 0 fully saturated rings. The number of anilines is 1. The molecule has 1 aromatic heterocycles. The summed E-state index contributed by atoms with van der Waals surface area (Å²) < 4.78 is 5.67. The first-order chi connectivity index (χ1) is 12.6. The lowest BCUT2D eigenvalue weighted by molar-refractivity contribution is 0.0997. The smallest absolute Gasteiger partial charge is 0.291 e. The van der Waals surface area contributed by atoms with E-state index in [-0.39, 0.29) is 11.7 Å². The first-order valence-corrected chi connectivity index (χ1v) is 8.71. The minimum atomic E-state index is -0.313. The van der Waals surface area contributed by atoms with E-state index >= 15 is 0 Å². The molecule has 0 atom stereocenters. The summed E-state index contributed by atoms with van der Waals surface area (Å²) in [5.74, 6) is 0.457. The molecule has 0 spiro atoms. The van der Waals surface area contributed by atoms with Crippen molar-refractivity contribution in [1.82, 2.24) is 0 Å².